The summed E-state index contributed by atoms with van der Waals surface area (Å²) < 4.78 is 7.33. The van der Waals surface area contributed by atoms with Crippen molar-refractivity contribution in [1.29, 1.82) is 0 Å². The molecule has 1 saturated heterocycles. The number of likely N-dealkylation sites (tertiary alicyclic amines) is 1. The summed E-state index contributed by atoms with van der Waals surface area (Å²) in [6.07, 6.45) is 7.01. The zero-order chi connectivity index (χ0) is 19.5. The Bertz CT molecular complexity index is 909. The van der Waals surface area contributed by atoms with Gasteiger partial charge in [0, 0.05) is 48.7 Å². The quantitative estimate of drug-likeness (QED) is 0.744. The summed E-state index contributed by atoms with van der Waals surface area (Å²) in [5, 5.41) is 7.01. The van der Waals surface area contributed by atoms with Crippen LogP contribution in [0.15, 0.2) is 47.5 Å². The lowest BCUT2D eigenvalue weighted by atomic mass is 9.97. The minimum Gasteiger partial charge on any atom is -0.339 e. The summed E-state index contributed by atoms with van der Waals surface area (Å²) in [6, 6.07) is 7.61. The number of carbonyl (C=O) groups excluding carboxylic acids is 1. The number of hydrogen-bond donors (Lipinski definition) is 1. The molecule has 0 radical (unpaired) electrons. The van der Waals surface area contributed by atoms with E-state index in [9.17, 15) is 4.79 Å². The van der Waals surface area contributed by atoms with Crippen molar-refractivity contribution in [3.8, 4) is 5.69 Å². The van der Waals surface area contributed by atoms with E-state index >= 15 is 0 Å². The summed E-state index contributed by atoms with van der Waals surface area (Å²) in [6.45, 7) is 5.43. The summed E-state index contributed by atoms with van der Waals surface area (Å²) in [4.78, 5) is 22.9. The molecule has 2 amide bonds. The topological polar surface area (TPSA) is 89.1 Å². The van der Waals surface area contributed by atoms with Crippen LogP contribution < -0.4 is 5.32 Å². The fraction of sp³-hybridized carbons (Fsp3) is 0.400. The average Bonchev–Trinajstić information content (AvgIpc) is 3.41. The first-order valence-corrected chi connectivity index (χ1v) is 9.58. The van der Waals surface area contributed by atoms with Gasteiger partial charge in [-0.2, -0.15) is 4.98 Å². The first-order chi connectivity index (χ1) is 13.6. The van der Waals surface area contributed by atoms with Crippen LogP contribution in [0, 0.1) is 0 Å². The Kier molecular flexibility index (Phi) is 5.10. The van der Waals surface area contributed by atoms with Crippen LogP contribution in [0.1, 0.15) is 50.2 Å². The Balaban J connectivity index is 1.31. The number of amides is 2. The third-order valence-electron chi connectivity index (χ3n) is 5.03. The van der Waals surface area contributed by atoms with Crippen molar-refractivity contribution in [3.63, 3.8) is 0 Å². The fourth-order valence-electron chi connectivity index (χ4n) is 3.31. The van der Waals surface area contributed by atoms with Gasteiger partial charge in [-0.05, 0) is 37.1 Å². The van der Waals surface area contributed by atoms with Crippen LogP contribution in [-0.2, 0) is 0 Å². The number of nitrogens with one attached hydrogen (secondary N) is 1. The second kappa shape index (κ2) is 7.84. The minimum atomic E-state index is -0.0813. The molecule has 0 unspecified atom stereocenters. The molecule has 0 bridgehead atoms. The molecule has 146 valence electrons. The first-order valence-electron chi connectivity index (χ1n) is 9.58. The van der Waals surface area contributed by atoms with Gasteiger partial charge in [0.2, 0.25) is 5.89 Å². The molecule has 4 rings (SSSR count). The molecular formula is C20H24N6O2. The van der Waals surface area contributed by atoms with Crippen molar-refractivity contribution in [2.24, 2.45) is 0 Å². The molecule has 8 nitrogen and oxygen atoms in total. The van der Waals surface area contributed by atoms with E-state index in [0.717, 1.165) is 30.0 Å². The van der Waals surface area contributed by atoms with Gasteiger partial charge in [0.25, 0.3) is 0 Å². The van der Waals surface area contributed by atoms with Crippen molar-refractivity contribution in [3.05, 3.63) is 54.7 Å². The van der Waals surface area contributed by atoms with Crippen molar-refractivity contribution < 1.29 is 9.32 Å². The van der Waals surface area contributed by atoms with Crippen molar-refractivity contribution >= 4 is 11.7 Å². The van der Waals surface area contributed by atoms with E-state index in [4.69, 9.17) is 4.52 Å². The lowest BCUT2D eigenvalue weighted by molar-refractivity contribution is 0.187. The van der Waals surface area contributed by atoms with Crippen LogP contribution in [-0.4, -0.2) is 43.7 Å². The van der Waals surface area contributed by atoms with E-state index in [1.807, 2.05) is 53.8 Å². The molecule has 2 aromatic heterocycles. The van der Waals surface area contributed by atoms with E-state index < -0.39 is 0 Å². The molecule has 0 spiro atoms. The molecule has 28 heavy (non-hydrogen) atoms. The normalized spacial score (nSPS) is 15.2. The molecule has 1 fully saturated rings. The van der Waals surface area contributed by atoms with Crippen LogP contribution in [0.2, 0.25) is 0 Å². The van der Waals surface area contributed by atoms with E-state index in [1.54, 1.807) is 12.5 Å². The van der Waals surface area contributed by atoms with Crippen molar-refractivity contribution in [1.82, 2.24) is 24.6 Å². The molecule has 0 saturated carbocycles. The van der Waals surface area contributed by atoms with Crippen LogP contribution in [0.5, 0.6) is 0 Å². The molecule has 1 N–H and O–H groups in total. The monoisotopic (exact) mass is 380 g/mol. The van der Waals surface area contributed by atoms with Crippen LogP contribution >= 0.6 is 0 Å². The number of nitrogens with zero attached hydrogens (tertiary/aromatic N) is 5. The average molecular weight is 380 g/mol. The SMILES string of the molecule is CC(C)c1noc(C2CCN(C(=O)Nc3ccc(-n4ccnc4)cc3)CC2)n1. The number of rotatable bonds is 4. The highest BCUT2D eigenvalue weighted by molar-refractivity contribution is 5.89. The molecule has 3 aromatic rings. The Hall–Kier alpha value is -3.16. The molecule has 1 aliphatic heterocycles. The molecule has 0 aliphatic carbocycles. The summed E-state index contributed by atoms with van der Waals surface area (Å²) in [5.41, 5.74) is 1.77. The molecule has 3 heterocycles. The number of carbonyl (C=O) groups is 1. The van der Waals surface area contributed by atoms with E-state index in [0.29, 0.717) is 19.0 Å². The summed E-state index contributed by atoms with van der Waals surface area (Å²) in [7, 11) is 0. The van der Waals surface area contributed by atoms with Gasteiger partial charge in [-0.3, -0.25) is 0 Å². The highest BCUT2D eigenvalue weighted by Crippen LogP contribution is 2.28. The maximum atomic E-state index is 12.6. The number of urea groups is 1. The van der Waals surface area contributed by atoms with E-state index in [-0.39, 0.29) is 17.9 Å². The van der Waals surface area contributed by atoms with E-state index in [2.05, 4.69) is 20.4 Å². The second-order valence-corrected chi connectivity index (χ2v) is 7.35. The van der Waals surface area contributed by atoms with Crippen LogP contribution in [0.3, 0.4) is 0 Å². The fourth-order valence-corrected chi connectivity index (χ4v) is 3.31. The first kappa shape index (κ1) is 18.2. The summed E-state index contributed by atoms with van der Waals surface area (Å²) >= 11 is 0. The lowest BCUT2D eigenvalue weighted by Crippen LogP contribution is -2.40. The van der Waals surface area contributed by atoms with E-state index in [1.165, 1.54) is 0 Å². The third-order valence-corrected chi connectivity index (χ3v) is 5.03. The van der Waals surface area contributed by atoms with Crippen molar-refractivity contribution in [2.75, 3.05) is 18.4 Å². The molecule has 1 aliphatic rings. The Morgan fingerprint density at radius 2 is 1.96 bits per heavy atom. The van der Waals surface area contributed by atoms with Gasteiger partial charge >= 0.3 is 6.03 Å². The molecule has 0 atom stereocenters. The number of piperidine rings is 1. The van der Waals surface area contributed by atoms with Crippen molar-refractivity contribution in [2.45, 2.75) is 38.5 Å². The number of imidazole rings is 1. The molecule has 8 heteroatoms. The Labute approximate surface area is 163 Å². The van der Waals surface area contributed by atoms with Gasteiger partial charge in [-0.1, -0.05) is 19.0 Å². The second-order valence-electron chi connectivity index (χ2n) is 7.35. The minimum absolute atomic E-state index is 0.0813. The maximum Gasteiger partial charge on any atom is 0.321 e. The maximum absolute atomic E-state index is 12.6. The predicted octanol–water partition coefficient (Wildman–Crippen LogP) is 3.79. The van der Waals surface area contributed by atoms with Gasteiger partial charge in [-0.25, -0.2) is 9.78 Å². The highest BCUT2D eigenvalue weighted by Gasteiger charge is 2.27. The Morgan fingerprint density at radius 1 is 1.21 bits per heavy atom. The number of hydrogen-bond acceptors (Lipinski definition) is 5. The third kappa shape index (κ3) is 3.90. The predicted molar refractivity (Wildman–Crippen MR) is 105 cm³/mol. The number of aromatic nitrogens is 4. The highest BCUT2D eigenvalue weighted by atomic mass is 16.5. The standard InChI is InChI=1S/C20H24N6O2/c1-14(2)18-23-19(28-24-18)15-7-10-25(11-8-15)20(27)22-16-3-5-17(6-4-16)26-12-9-21-13-26/h3-6,9,12-15H,7-8,10-11H2,1-2H3,(H,22,27). The van der Waals surface area contributed by atoms with Crippen LogP contribution in [0.4, 0.5) is 10.5 Å². The Morgan fingerprint density at radius 3 is 2.57 bits per heavy atom. The summed E-state index contributed by atoms with van der Waals surface area (Å²) in [5.74, 6) is 1.91. The zero-order valence-corrected chi connectivity index (χ0v) is 16.1. The van der Waals surface area contributed by atoms with Gasteiger partial charge in [-0.15, -0.1) is 0 Å². The van der Waals surface area contributed by atoms with Gasteiger partial charge in [0.05, 0.1) is 6.33 Å². The van der Waals surface area contributed by atoms with Gasteiger partial charge in [0.15, 0.2) is 5.82 Å². The zero-order valence-electron chi connectivity index (χ0n) is 16.1. The van der Waals surface area contributed by atoms with Gasteiger partial charge < -0.3 is 19.3 Å². The number of anilines is 1. The molecular weight excluding hydrogens is 356 g/mol. The largest absolute Gasteiger partial charge is 0.339 e. The smallest absolute Gasteiger partial charge is 0.321 e. The van der Waals surface area contributed by atoms with Crippen LogP contribution in [0.25, 0.3) is 5.69 Å². The van der Waals surface area contributed by atoms with Gasteiger partial charge in [0.1, 0.15) is 0 Å². The number of benzene rings is 1. The molecule has 1 aromatic carbocycles. The lowest BCUT2D eigenvalue weighted by Gasteiger charge is -2.30.